The van der Waals surface area contributed by atoms with Crippen LogP contribution < -0.4 is 4.72 Å². The zero-order valence-corrected chi connectivity index (χ0v) is 12.0. The van der Waals surface area contributed by atoms with Crippen LogP contribution in [0.3, 0.4) is 0 Å². The predicted octanol–water partition coefficient (Wildman–Crippen LogP) is 1.63. The van der Waals surface area contributed by atoms with Crippen LogP contribution in [0.1, 0.15) is 17.2 Å². The highest BCUT2D eigenvalue weighted by Gasteiger charge is 2.16. The molecule has 104 valence electrons. The van der Waals surface area contributed by atoms with Crippen LogP contribution in [0.5, 0.6) is 0 Å². The molecule has 2 rings (SSSR count). The van der Waals surface area contributed by atoms with Crippen molar-refractivity contribution in [2.45, 2.75) is 11.0 Å². The Morgan fingerprint density at radius 3 is 2.55 bits per heavy atom. The zero-order chi connectivity index (χ0) is 14.6. The van der Waals surface area contributed by atoms with E-state index in [2.05, 4.69) is 4.72 Å². The van der Waals surface area contributed by atoms with Gasteiger partial charge in [0.05, 0.1) is 22.6 Å². The molecule has 0 amide bonds. The summed E-state index contributed by atoms with van der Waals surface area (Å²) in [6.45, 7) is -0.0981. The van der Waals surface area contributed by atoms with Gasteiger partial charge in [-0.25, -0.2) is 13.1 Å². The molecule has 1 heterocycles. The Kier molecular flexibility index (Phi) is 4.52. The average Bonchev–Trinajstić information content (AvgIpc) is 2.99. The molecule has 1 atom stereocenters. The van der Waals surface area contributed by atoms with E-state index in [0.717, 1.165) is 0 Å². The van der Waals surface area contributed by atoms with E-state index < -0.39 is 16.1 Å². The van der Waals surface area contributed by atoms with Crippen molar-refractivity contribution in [2.24, 2.45) is 0 Å². The van der Waals surface area contributed by atoms with Crippen molar-refractivity contribution in [3.05, 3.63) is 52.2 Å². The number of hydrogen-bond donors (Lipinski definition) is 2. The first-order valence-electron chi connectivity index (χ1n) is 5.73. The summed E-state index contributed by atoms with van der Waals surface area (Å²) < 4.78 is 26.4. The molecule has 2 aromatic rings. The minimum atomic E-state index is -3.69. The topological polar surface area (TPSA) is 90.2 Å². The molecule has 0 bridgehead atoms. The van der Waals surface area contributed by atoms with Crippen molar-refractivity contribution >= 4 is 21.4 Å². The van der Waals surface area contributed by atoms with Crippen molar-refractivity contribution in [3.8, 4) is 6.07 Å². The lowest BCUT2D eigenvalue weighted by Gasteiger charge is -2.11. The molecule has 1 aromatic carbocycles. The number of thiophene rings is 1. The second-order valence-corrected chi connectivity index (χ2v) is 6.61. The number of sulfonamides is 1. The van der Waals surface area contributed by atoms with Gasteiger partial charge in [0.15, 0.2) is 0 Å². The summed E-state index contributed by atoms with van der Waals surface area (Å²) >= 11 is 1.43. The first kappa shape index (κ1) is 14.7. The number of nitrogens with zero attached hydrogens (tertiary/aromatic N) is 1. The third-order valence-corrected chi connectivity index (χ3v) is 4.83. The van der Waals surface area contributed by atoms with E-state index in [1.807, 2.05) is 11.4 Å². The summed E-state index contributed by atoms with van der Waals surface area (Å²) in [6, 6.07) is 9.25. The monoisotopic (exact) mass is 308 g/mol. The first-order valence-corrected chi connectivity index (χ1v) is 8.15. The molecule has 0 spiro atoms. The molecule has 1 aromatic heterocycles. The van der Waals surface area contributed by atoms with Crippen LogP contribution in [0.25, 0.3) is 0 Å². The number of rotatable bonds is 5. The molecule has 5 nitrogen and oxygen atoms in total. The first-order chi connectivity index (χ1) is 9.53. The summed E-state index contributed by atoms with van der Waals surface area (Å²) in [5, 5.41) is 22.1. The van der Waals surface area contributed by atoms with Gasteiger partial charge in [-0.3, -0.25) is 0 Å². The quantitative estimate of drug-likeness (QED) is 0.878. The van der Waals surface area contributed by atoms with Crippen LogP contribution in [-0.2, 0) is 10.0 Å². The summed E-state index contributed by atoms with van der Waals surface area (Å²) in [7, 11) is -3.69. The van der Waals surface area contributed by atoms with Gasteiger partial charge < -0.3 is 5.11 Å². The van der Waals surface area contributed by atoms with E-state index in [9.17, 15) is 13.5 Å². The summed E-state index contributed by atoms with van der Waals surface area (Å²) in [4.78, 5) is 0.0639. The lowest BCUT2D eigenvalue weighted by Crippen LogP contribution is -2.28. The lowest BCUT2D eigenvalue weighted by molar-refractivity contribution is 0.182. The van der Waals surface area contributed by atoms with Crippen molar-refractivity contribution < 1.29 is 13.5 Å². The largest absolute Gasteiger partial charge is 0.387 e. The Morgan fingerprint density at radius 2 is 2.00 bits per heavy atom. The maximum Gasteiger partial charge on any atom is 0.240 e. The van der Waals surface area contributed by atoms with Crippen LogP contribution in [-0.4, -0.2) is 20.1 Å². The van der Waals surface area contributed by atoms with Crippen molar-refractivity contribution in [3.63, 3.8) is 0 Å². The maximum absolute atomic E-state index is 12.0. The van der Waals surface area contributed by atoms with Crippen LogP contribution in [0, 0.1) is 11.3 Å². The van der Waals surface area contributed by atoms with Gasteiger partial charge in [0, 0.05) is 6.54 Å². The zero-order valence-electron chi connectivity index (χ0n) is 10.4. The maximum atomic E-state index is 12.0. The van der Waals surface area contributed by atoms with Gasteiger partial charge >= 0.3 is 0 Å². The summed E-state index contributed by atoms with van der Waals surface area (Å²) in [5.41, 5.74) is 1.07. The molecular formula is C13H12N2O3S2. The number of benzene rings is 1. The highest BCUT2D eigenvalue weighted by Crippen LogP contribution is 2.16. The standard InChI is InChI=1S/C13H12N2O3S2/c14-7-10-1-3-12(4-2-10)20(17,18)15-8-13(16)11-5-6-19-9-11/h1-6,9,13,15-16H,8H2. The highest BCUT2D eigenvalue weighted by molar-refractivity contribution is 7.89. The molecule has 0 aliphatic heterocycles. The van der Waals surface area contributed by atoms with Gasteiger partial charge in [0.2, 0.25) is 10.0 Å². The molecule has 0 fully saturated rings. The van der Waals surface area contributed by atoms with E-state index in [-0.39, 0.29) is 11.4 Å². The van der Waals surface area contributed by atoms with Gasteiger partial charge in [-0.1, -0.05) is 0 Å². The van der Waals surface area contributed by atoms with Crippen molar-refractivity contribution in [2.75, 3.05) is 6.54 Å². The molecule has 7 heteroatoms. The van der Waals surface area contributed by atoms with E-state index in [0.29, 0.717) is 11.1 Å². The normalized spacial score (nSPS) is 12.8. The van der Waals surface area contributed by atoms with E-state index in [1.165, 1.54) is 35.6 Å². The third-order valence-electron chi connectivity index (χ3n) is 2.69. The fourth-order valence-electron chi connectivity index (χ4n) is 1.56. The summed E-state index contributed by atoms with van der Waals surface area (Å²) in [6.07, 6.45) is -0.880. The second kappa shape index (κ2) is 6.15. The number of hydrogen-bond acceptors (Lipinski definition) is 5. The smallest absolute Gasteiger partial charge is 0.240 e. The Labute approximate surface area is 121 Å². The fourth-order valence-corrected chi connectivity index (χ4v) is 3.31. The van der Waals surface area contributed by atoms with Gasteiger partial charge in [0.1, 0.15) is 0 Å². The van der Waals surface area contributed by atoms with Crippen molar-refractivity contribution in [1.29, 1.82) is 5.26 Å². The lowest BCUT2D eigenvalue weighted by atomic mass is 10.2. The summed E-state index contributed by atoms with van der Waals surface area (Å²) in [5.74, 6) is 0. The third kappa shape index (κ3) is 3.43. The molecule has 0 saturated carbocycles. The molecular weight excluding hydrogens is 296 g/mol. The fraction of sp³-hybridized carbons (Fsp3) is 0.154. The molecule has 20 heavy (non-hydrogen) atoms. The number of aliphatic hydroxyl groups excluding tert-OH is 1. The number of nitriles is 1. The number of aliphatic hydroxyl groups is 1. The molecule has 0 radical (unpaired) electrons. The van der Waals surface area contributed by atoms with E-state index in [4.69, 9.17) is 5.26 Å². The molecule has 0 aliphatic carbocycles. The molecule has 0 saturated heterocycles. The van der Waals surface area contributed by atoms with Crippen molar-refractivity contribution in [1.82, 2.24) is 4.72 Å². The van der Waals surface area contributed by atoms with Crippen LogP contribution in [0.15, 0.2) is 46.0 Å². The minimum absolute atomic E-state index is 0.0639. The Hall–Kier alpha value is -1.72. The molecule has 2 N–H and O–H groups in total. The Morgan fingerprint density at radius 1 is 1.30 bits per heavy atom. The van der Waals surface area contributed by atoms with E-state index >= 15 is 0 Å². The minimum Gasteiger partial charge on any atom is -0.387 e. The SMILES string of the molecule is N#Cc1ccc(S(=O)(=O)NCC(O)c2ccsc2)cc1. The Balaban J connectivity index is 2.05. The van der Waals surface area contributed by atoms with Gasteiger partial charge in [-0.2, -0.15) is 16.6 Å². The van der Waals surface area contributed by atoms with Crippen LogP contribution in [0.4, 0.5) is 0 Å². The molecule has 0 aliphatic rings. The second-order valence-electron chi connectivity index (χ2n) is 4.06. The van der Waals surface area contributed by atoms with Gasteiger partial charge in [-0.05, 0) is 46.7 Å². The average molecular weight is 308 g/mol. The predicted molar refractivity (Wildman–Crippen MR) is 75.6 cm³/mol. The number of nitrogens with one attached hydrogen (secondary N) is 1. The van der Waals surface area contributed by atoms with Crippen LogP contribution in [0.2, 0.25) is 0 Å². The van der Waals surface area contributed by atoms with Gasteiger partial charge in [0.25, 0.3) is 0 Å². The van der Waals surface area contributed by atoms with Gasteiger partial charge in [-0.15, -0.1) is 0 Å². The Bertz CT molecular complexity index is 701. The molecule has 1 unspecified atom stereocenters. The highest BCUT2D eigenvalue weighted by atomic mass is 32.2. The van der Waals surface area contributed by atoms with E-state index in [1.54, 1.807) is 11.4 Å². The van der Waals surface area contributed by atoms with Crippen LogP contribution >= 0.6 is 11.3 Å².